The summed E-state index contributed by atoms with van der Waals surface area (Å²) in [5, 5.41) is 4.64. The van der Waals surface area contributed by atoms with Crippen LogP contribution in [-0.4, -0.2) is 42.3 Å². The van der Waals surface area contributed by atoms with Crippen molar-refractivity contribution in [2.75, 3.05) is 6.54 Å². The van der Waals surface area contributed by atoms with E-state index < -0.39 is 35.7 Å². The third kappa shape index (κ3) is 4.99. The fourth-order valence-corrected chi connectivity index (χ4v) is 1.91. The van der Waals surface area contributed by atoms with Crippen LogP contribution in [0.15, 0.2) is 0 Å². The molecule has 0 aromatic carbocycles. The monoisotopic (exact) mass is 296 g/mol. The lowest BCUT2D eigenvalue weighted by molar-refractivity contribution is -0.175. The van der Waals surface area contributed by atoms with Crippen molar-refractivity contribution in [3.05, 3.63) is 0 Å². The molecule has 0 unspecified atom stereocenters. The molecule has 5 nitrogen and oxygen atoms in total. The molecule has 0 bridgehead atoms. The topological polar surface area (TPSA) is 67.4 Å². The smallest absolute Gasteiger partial charge is 0.459 e. The average molecular weight is 296 g/mol. The Kier molecular flexibility index (Phi) is 5.01. The number of rotatable bonds is 2. The molecule has 0 aliphatic carbocycles. The Hall–Kier alpha value is -1.31. The largest absolute Gasteiger partial charge is 0.471 e. The zero-order valence-electron chi connectivity index (χ0n) is 11.6. The fourth-order valence-electron chi connectivity index (χ4n) is 1.91. The van der Waals surface area contributed by atoms with Gasteiger partial charge in [-0.05, 0) is 40.2 Å². The Labute approximate surface area is 115 Å². The molecule has 2 N–H and O–H groups in total. The molecule has 1 aliphatic heterocycles. The molecule has 0 aromatic rings. The zero-order valence-corrected chi connectivity index (χ0v) is 11.6. The molecule has 1 amide bonds. The van der Waals surface area contributed by atoms with Crippen LogP contribution in [0.25, 0.3) is 0 Å². The number of esters is 1. The first kappa shape index (κ1) is 16.7. The molecule has 1 aliphatic rings. The van der Waals surface area contributed by atoms with Crippen LogP contribution in [0.5, 0.6) is 0 Å². The average Bonchev–Trinajstić information content (AvgIpc) is 2.25. The molecule has 0 radical (unpaired) electrons. The van der Waals surface area contributed by atoms with Crippen molar-refractivity contribution in [1.29, 1.82) is 0 Å². The SMILES string of the molecule is CC(C)(C)OC(=O)[C@@H]1NCCC[C@@H]1NC(=O)C(F)(F)F. The highest BCUT2D eigenvalue weighted by Crippen LogP contribution is 2.18. The van der Waals surface area contributed by atoms with E-state index in [1.54, 1.807) is 20.8 Å². The first-order valence-electron chi connectivity index (χ1n) is 6.34. The summed E-state index contributed by atoms with van der Waals surface area (Å²) in [6.07, 6.45) is -4.10. The number of carbonyl (C=O) groups excluding carboxylic acids is 2. The van der Waals surface area contributed by atoms with Crippen molar-refractivity contribution < 1.29 is 27.5 Å². The Morgan fingerprint density at radius 1 is 1.25 bits per heavy atom. The minimum Gasteiger partial charge on any atom is -0.459 e. The third-order valence-corrected chi connectivity index (χ3v) is 2.69. The lowest BCUT2D eigenvalue weighted by atomic mass is 9.98. The van der Waals surface area contributed by atoms with E-state index in [0.29, 0.717) is 19.4 Å². The number of halogens is 3. The van der Waals surface area contributed by atoms with E-state index in [1.807, 2.05) is 5.32 Å². The van der Waals surface area contributed by atoms with Crippen molar-refractivity contribution in [2.24, 2.45) is 0 Å². The van der Waals surface area contributed by atoms with Crippen LogP contribution >= 0.6 is 0 Å². The van der Waals surface area contributed by atoms with Crippen LogP contribution in [0.4, 0.5) is 13.2 Å². The third-order valence-electron chi connectivity index (χ3n) is 2.69. The quantitative estimate of drug-likeness (QED) is 0.750. The van der Waals surface area contributed by atoms with Gasteiger partial charge in [0, 0.05) is 0 Å². The van der Waals surface area contributed by atoms with Crippen LogP contribution in [0, 0.1) is 0 Å². The second-order valence-electron chi connectivity index (χ2n) is 5.69. The van der Waals surface area contributed by atoms with Crippen molar-refractivity contribution in [3.8, 4) is 0 Å². The Bertz CT molecular complexity index is 377. The van der Waals surface area contributed by atoms with Gasteiger partial charge in [0.1, 0.15) is 11.6 Å². The van der Waals surface area contributed by atoms with Gasteiger partial charge in [0.25, 0.3) is 0 Å². The Morgan fingerprint density at radius 3 is 2.35 bits per heavy atom. The summed E-state index contributed by atoms with van der Waals surface area (Å²) in [6.45, 7) is 5.48. The van der Waals surface area contributed by atoms with Gasteiger partial charge in [-0.25, -0.2) is 0 Å². The number of alkyl halides is 3. The molecule has 1 fully saturated rings. The number of carbonyl (C=O) groups is 2. The van der Waals surface area contributed by atoms with Gasteiger partial charge in [-0.3, -0.25) is 9.59 Å². The van der Waals surface area contributed by atoms with Gasteiger partial charge in [0.05, 0.1) is 6.04 Å². The number of amides is 1. The molecule has 0 spiro atoms. The van der Waals surface area contributed by atoms with E-state index in [0.717, 1.165) is 0 Å². The van der Waals surface area contributed by atoms with E-state index in [-0.39, 0.29) is 0 Å². The molecule has 1 saturated heterocycles. The van der Waals surface area contributed by atoms with E-state index >= 15 is 0 Å². The summed E-state index contributed by atoms with van der Waals surface area (Å²) in [5.74, 6) is -2.70. The summed E-state index contributed by atoms with van der Waals surface area (Å²) in [5.41, 5.74) is -0.741. The predicted octanol–water partition coefficient (Wildman–Crippen LogP) is 1.13. The molecule has 1 rings (SSSR count). The van der Waals surface area contributed by atoms with Crippen molar-refractivity contribution in [3.63, 3.8) is 0 Å². The maximum Gasteiger partial charge on any atom is 0.471 e. The molecular weight excluding hydrogens is 277 g/mol. The normalized spacial score (nSPS) is 24.1. The molecular formula is C12H19F3N2O3. The van der Waals surface area contributed by atoms with E-state index in [4.69, 9.17) is 4.74 Å². The maximum absolute atomic E-state index is 12.3. The van der Waals surface area contributed by atoms with Gasteiger partial charge in [0.15, 0.2) is 0 Å². The molecule has 1 heterocycles. The van der Waals surface area contributed by atoms with Crippen LogP contribution in [0.1, 0.15) is 33.6 Å². The molecule has 0 saturated carbocycles. The van der Waals surface area contributed by atoms with E-state index in [2.05, 4.69) is 5.32 Å². The summed E-state index contributed by atoms with van der Waals surface area (Å²) in [7, 11) is 0. The predicted molar refractivity (Wildman–Crippen MR) is 64.9 cm³/mol. The van der Waals surface area contributed by atoms with Crippen LogP contribution < -0.4 is 10.6 Å². The Balaban J connectivity index is 2.72. The zero-order chi connectivity index (χ0) is 15.6. The highest BCUT2D eigenvalue weighted by atomic mass is 19.4. The minimum atomic E-state index is -4.96. The first-order valence-corrected chi connectivity index (χ1v) is 6.34. The maximum atomic E-state index is 12.3. The highest BCUT2D eigenvalue weighted by molar-refractivity contribution is 5.84. The van der Waals surface area contributed by atoms with Gasteiger partial charge >= 0.3 is 18.1 Å². The summed E-state index contributed by atoms with van der Waals surface area (Å²) in [4.78, 5) is 22.9. The highest BCUT2D eigenvalue weighted by Gasteiger charge is 2.43. The van der Waals surface area contributed by atoms with Gasteiger partial charge in [0.2, 0.25) is 0 Å². The number of nitrogens with one attached hydrogen (secondary N) is 2. The molecule has 116 valence electrons. The van der Waals surface area contributed by atoms with Crippen molar-refractivity contribution >= 4 is 11.9 Å². The standard InChI is InChI=1S/C12H19F3N2O3/c1-11(2,3)20-9(18)8-7(5-4-6-16-8)17-10(19)12(13,14)15/h7-8,16H,4-6H2,1-3H3,(H,17,19)/t7-,8+/m0/s1. The van der Waals surface area contributed by atoms with Gasteiger partial charge in [-0.15, -0.1) is 0 Å². The second kappa shape index (κ2) is 5.99. The molecule has 8 heteroatoms. The number of ether oxygens (including phenoxy) is 1. The summed E-state index contributed by atoms with van der Waals surface area (Å²) >= 11 is 0. The van der Waals surface area contributed by atoms with Gasteiger partial charge in [-0.2, -0.15) is 13.2 Å². The summed E-state index contributed by atoms with van der Waals surface area (Å²) < 4.78 is 41.9. The van der Waals surface area contributed by atoms with Crippen molar-refractivity contribution in [1.82, 2.24) is 10.6 Å². The summed E-state index contributed by atoms with van der Waals surface area (Å²) in [6, 6.07) is -1.89. The fraction of sp³-hybridized carbons (Fsp3) is 0.833. The van der Waals surface area contributed by atoms with Crippen LogP contribution in [-0.2, 0) is 14.3 Å². The van der Waals surface area contributed by atoms with Crippen LogP contribution in [0.3, 0.4) is 0 Å². The molecule has 0 aromatic heterocycles. The molecule has 2 atom stereocenters. The number of piperidine rings is 1. The minimum absolute atomic E-state index is 0.290. The first-order chi connectivity index (χ1) is 9.00. The molecule has 20 heavy (non-hydrogen) atoms. The van der Waals surface area contributed by atoms with Gasteiger partial charge < -0.3 is 15.4 Å². The second-order valence-corrected chi connectivity index (χ2v) is 5.69. The van der Waals surface area contributed by atoms with E-state index in [9.17, 15) is 22.8 Å². The number of hydrogen-bond donors (Lipinski definition) is 2. The van der Waals surface area contributed by atoms with Crippen molar-refractivity contribution in [2.45, 2.75) is 57.5 Å². The Morgan fingerprint density at radius 2 is 1.85 bits per heavy atom. The van der Waals surface area contributed by atoms with Gasteiger partial charge in [-0.1, -0.05) is 0 Å². The number of hydrogen-bond acceptors (Lipinski definition) is 4. The van der Waals surface area contributed by atoms with Crippen LogP contribution in [0.2, 0.25) is 0 Å². The van der Waals surface area contributed by atoms with E-state index in [1.165, 1.54) is 0 Å². The lowest BCUT2D eigenvalue weighted by Crippen LogP contribution is -2.59. The lowest BCUT2D eigenvalue weighted by Gasteiger charge is -2.33.